The van der Waals surface area contributed by atoms with Gasteiger partial charge in [0.05, 0.1) is 6.42 Å². The molecule has 7 heteroatoms. The number of esters is 1. The molecule has 1 aromatic heterocycles. The van der Waals surface area contributed by atoms with E-state index in [2.05, 4.69) is 4.72 Å². The number of nitrogens with one attached hydrogen (secondary N) is 1. The summed E-state index contributed by atoms with van der Waals surface area (Å²) >= 11 is 1.13. The smallest absolute Gasteiger partial charge is 0.307 e. The van der Waals surface area contributed by atoms with Crippen LogP contribution in [0.15, 0.2) is 21.7 Å². The standard InChI is InChI=1S/C11H17NO4S2/c1-11(2,3)16-9(13)6-7-12-18(14,15)10-5-4-8-17-10/h4-5,8,12H,6-7H2,1-3H3. The molecule has 102 valence electrons. The van der Waals surface area contributed by atoms with E-state index in [1.54, 1.807) is 32.2 Å². The van der Waals surface area contributed by atoms with Gasteiger partial charge in [-0.1, -0.05) is 6.07 Å². The molecule has 1 heterocycles. The highest BCUT2D eigenvalue weighted by Gasteiger charge is 2.18. The number of carbonyl (C=O) groups is 1. The molecular formula is C11H17NO4S2. The lowest BCUT2D eigenvalue weighted by atomic mass is 10.2. The minimum Gasteiger partial charge on any atom is -0.460 e. The number of ether oxygens (including phenoxy) is 1. The zero-order valence-corrected chi connectivity index (χ0v) is 12.2. The molecule has 0 unspecified atom stereocenters. The summed E-state index contributed by atoms with van der Waals surface area (Å²) in [6.45, 7) is 5.33. The monoisotopic (exact) mass is 291 g/mol. The molecule has 0 aromatic carbocycles. The van der Waals surface area contributed by atoms with Crippen LogP contribution >= 0.6 is 11.3 Å². The summed E-state index contributed by atoms with van der Waals surface area (Å²) in [6, 6.07) is 3.17. The van der Waals surface area contributed by atoms with Crippen molar-refractivity contribution in [1.29, 1.82) is 0 Å². The van der Waals surface area contributed by atoms with E-state index in [1.165, 1.54) is 6.07 Å². The predicted molar refractivity (Wildman–Crippen MR) is 70.0 cm³/mol. The number of hydrogen-bond donors (Lipinski definition) is 1. The van der Waals surface area contributed by atoms with Crippen LogP contribution in [0.1, 0.15) is 27.2 Å². The summed E-state index contributed by atoms with van der Waals surface area (Å²) in [7, 11) is -3.50. The molecule has 0 radical (unpaired) electrons. The van der Waals surface area contributed by atoms with Gasteiger partial charge in [0, 0.05) is 6.54 Å². The van der Waals surface area contributed by atoms with E-state index in [0.29, 0.717) is 0 Å². The first kappa shape index (κ1) is 15.1. The second kappa shape index (κ2) is 5.81. The van der Waals surface area contributed by atoms with E-state index in [0.717, 1.165) is 11.3 Å². The van der Waals surface area contributed by atoms with Crippen LogP contribution in [-0.4, -0.2) is 26.5 Å². The molecule has 0 aliphatic carbocycles. The lowest BCUT2D eigenvalue weighted by Gasteiger charge is -2.19. The highest BCUT2D eigenvalue weighted by molar-refractivity contribution is 7.91. The summed E-state index contributed by atoms with van der Waals surface area (Å²) in [4.78, 5) is 11.4. The maximum absolute atomic E-state index is 11.7. The van der Waals surface area contributed by atoms with E-state index in [9.17, 15) is 13.2 Å². The van der Waals surface area contributed by atoms with Crippen molar-refractivity contribution in [3.05, 3.63) is 17.5 Å². The molecule has 0 fully saturated rings. The van der Waals surface area contributed by atoms with Crippen LogP contribution in [0.25, 0.3) is 0 Å². The quantitative estimate of drug-likeness (QED) is 0.839. The Morgan fingerprint density at radius 1 is 1.44 bits per heavy atom. The van der Waals surface area contributed by atoms with Crippen LogP contribution in [0.5, 0.6) is 0 Å². The highest BCUT2D eigenvalue weighted by atomic mass is 32.2. The third kappa shape index (κ3) is 5.16. The molecule has 5 nitrogen and oxygen atoms in total. The van der Waals surface area contributed by atoms with Gasteiger partial charge in [0.2, 0.25) is 10.0 Å². The highest BCUT2D eigenvalue weighted by Crippen LogP contribution is 2.15. The molecule has 0 atom stereocenters. The summed E-state index contributed by atoms with van der Waals surface area (Å²) in [5, 5.41) is 1.68. The van der Waals surface area contributed by atoms with E-state index in [-0.39, 0.29) is 17.2 Å². The topological polar surface area (TPSA) is 72.5 Å². The van der Waals surface area contributed by atoms with Gasteiger partial charge in [-0.2, -0.15) is 0 Å². The van der Waals surface area contributed by atoms with E-state index >= 15 is 0 Å². The molecule has 0 saturated heterocycles. The fourth-order valence-electron chi connectivity index (χ4n) is 1.17. The Balaban J connectivity index is 2.41. The number of carbonyl (C=O) groups excluding carboxylic acids is 1. The zero-order chi connectivity index (χ0) is 13.8. The lowest BCUT2D eigenvalue weighted by molar-refractivity contribution is -0.154. The van der Waals surface area contributed by atoms with Gasteiger partial charge in [-0.15, -0.1) is 11.3 Å². The maximum Gasteiger partial charge on any atom is 0.307 e. The first-order chi connectivity index (χ1) is 8.21. The molecule has 0 bridgehead atoms. The lowest BCUT2D eigenvalue weighted by Crippen LogP contribution is -2.29. The third-order valence-corrected chi connectivity index (χ3v) is 4.66. The van der Waals surface area contributed by atoms with Crippen molar-refractivity contribution in [1.82, 2.24) is 4.72 Å². The first-order valence-electron chi connectivity index (χ1n) is 5.46. The molecule has 1 aromatic rings. The number of hydrogen-bond acceptors (Lipinski definition) is 5. The Bertz CT molecular complexity index is 486. The Morgan fingerprint density at radius 3 is 2.61 bits per heavy atom. The van der Waals surface area contributed by atoms with Gasteiger partial charge in [-0.05, 0) is 32.2 Å². The Kier molecular flexibility index (Phi) is 4.89. The van der Waals surface area contributed by atoms with Crippen LogP contribution in [-0.2, 0) is 19.6 Å². The average Bonchev–Trinajstić information content (AvgIpc) is 2.66. The van der Waals surface area contributed by atoms with Gasteiger partial charge in [0.1, 0.15) is 9.81 Å². The molecule has 0 amide bonds. The Morgan fingerprint density at radius 2 is 2.11 bits per heavy atom. The van der Waals surface area contributed by atoms with Gasteiger partial charge in [-0.3, -0.25) is 4.79 Å². The molecule has 0 aliphatic heterocycles. The van der Waals surface area contributed by atoms with Crippen molar-refractivity contribution in [2.24, 2.45) is 0 Å². The summed E-state index contributed by atoms with van der Waals surface area (Å²) in [5.41, 5.74) is -0.552. The van der Waals surface area contributed by atoms with Gasteiger partial charge >= 0.3 is 5.97 Å². The largest absolute Gasteiger partial charge is 0.460 e. The number of rotatable bonds is 5. The van der Waals surface area contributed by atoms with Crippen molar-refractivity contribution >= 4 is 27.3 Å². The normalized spacial score (nSPS) is 12.4. The van der Waals surface area contributed by atoms with Crippen LogP contribution in [0, 0.1) is 0 Å². The second-order valence-electron chi connectivity index (χ2n) is 4.67. The zero-order valence-electron chi connectivity index (χ0n) is 10.6. The van der Waals surface area contributed by atoms with Crippen molar-refractivity contribution < 1.29 is 17.9 Å². The summed E-state index contributed by atoms with van der Waals surface area (Å²) < 4.78 is 31.1. The molecule has 0 saturated carbocycles. The van der Waals surface area contributed by atoms with Gasteiger partial charge < -0.3 is 4.74 Å². The van der Waals surface area contributed by atoms with Crippen molar-refractivity contribution in [2.45, 2.75) is 37.0 Å². The fourth-order valence-corrected chi connectivity index (χ4v) is 3.24. The molecule has 18 heavy (non-hydrogen) atoms. The van der Waals surface area contributed by atoms with Crippen molar-refractivity contribution in [2.75, 3.05) is 6.54 Å². The molecule has 0 aliphatic rings. The van der Waals surface area contributed by atoms with Crippen LogP contribution in [0.4, 0.5) is 0 Å². The van der Waals surface area contributed by atoms with E-state index in [4.69, 9.17) is 4.74 Å². The number of sulfonamides is 1. The SMILES string of the molecule is CC(C)(C)OC(=O)CCNS(=O)(=O)c1cccs1. The second-order valence-corrected chi connectivity index (χ2v) is 7.61. The van der Waals surface area contributed by atoms with E-state index < -0.39 is 21.6 Å². The fraction of sp³-hybridized carbons (Fsp3) is 0.545. The average molecular weight is 291 g/mol. The Hall–Kier alpha value is -0.920. The predicted octanol–water partition coefficient (Wildman–Crippen LogP) is 1.76. The third-order valence-electron chi connectivity index (χ3n) is 1.80. The Labute approximate surface area is 111 Å². The van der Waals surface area contributed by atoms with Gasteiger partial charge in [0.15, 0.2) is 0 Å². The van der Waals surface area contributed by atoms with Gasteiger partial charge in [-0.25, -0.2) is 13.1 Å². The van der Waals surface area contributed by atoms with Crippen LogP contribution in [0.3, 0.4) is 0 Å². The molecular weight excluding hydrogens is 274 g/mol. The van der Waals surface area contributed by atoms with Crippen LogP contribution in [0.2, 0.25) is 0 Å². The summed E-state index contributed by atoms with van der Waals surface area (Å²) in [5.74, 6) is -0.420. The number of thiophene rings is 1. The van der Waals surface area contributed by atoms with Gasteiger partial charge in [0.25, 0.3) is 0 Å². The van der Waals surface area contributed by atoms with Crippen molar-refractivity contribution in [3.8, 4) is 0 Å². The summed E-state index contributed by atoms with van der Waals surface area (Å²) in [6.07, 6.45) is 0.0157. The molecule has 1 N–H and O–H groups in total. The molecule has 0 spiro atoms. The van der Waals surface area contributed by atoms with E-state index in [1.807, 2.05) is 0 Å². The first-order valence-corrected chi connectivity index (χ1v) is 7.82. The maximum atomic E-state index is 11.7. The molecule has 1 rings (SSSR count). The minimum absolute atomic E-state index is 0.0157. The van der Waals surface area contributed by atoms with Crippen LogP contribution < -0.4 is 4.72 Å². The van der Waals surface area contributed by atoms with Crippen molar-refractivity contribution in [3.63, 3.8) is 0 Å². The minimum atomic E-state index is -3.50.